The van der Waals surface area contributed by atoms with E-state index < -0.39 is 46.3 Å². The van der Waals surface area contributed by atoms with Crippen molar-refractivity contribution in [1.29, 1.82) is 0 Å². The Balaban J connectivity index is 1.92. The number of carbonyl (C=O) groups is 5. The van der Waals surface area contributed by atoms with Crippen molar-refractivity contribution in [2.45, 2.75) is 45.3 Å². The number of likely N-dealkylation sites (tertiary alicyclic amines) is 1. The number of hydrogen-bond acceptors (Lipinski definition) is 8. The number of imide groups is 4. The van der Waals surface area contributed by atoms with Crippen LogP contribution in [0.3, 0.4) is 0 Å². The highest BCUT2D eigenvalue weighted by atomic mass is 16.6. The van der Waals surface area contributed by atoms with Gasteiger partial charge < -0.3 is 4.74 Å². The van der Waals surface area contributed by atoms with Crippen molar-refractivity contribution in [3.8, 4) is 0 Å². The van der Waals surface area contributed by atoms with Crippen LogP contribution in [0.25, 0.3) is 0 Å². The Kier molecular flexibility index (Phi) is 4.69. The second-order valence-corrected chi connectivity index (χ2v) is 7.57. The predicted octanol–water partition coefficient (Wildman–Crippen LogP) is 1.64. The van der Waals surface area contributed by atoms with Crippen molar-refractivity contribution in [3.05, 3.63) is 39.4 Å². The standard InChI is InChI=1S/C18H17N3O8/c1-18(2,3)29-17(26)20-13(22)7-6-12(16(20)25)19-14(23)10-5-4-9(21(27)28)8-11(10)15(19)24/h4-5,8,12H,6-7H2,1-3H3. The molecule has 3 rings (SSSR count). The van der Waals surface area contributed by atoms with Crippen molar-refractivity contribution < 1.29 is 33.6 Å². The maximum atomic E-state index is 12.8. The third-order valence-corrected chi connectivity index (χ3v) is 4.39. The Morgan fingerprint density at radius 3 is 2.34 bits per heavy atom. The average molecular weight is 403 g/mol. The number of benzene rings is 1. The Bertz CT molecular complexity index is 978. The molecular weight excluding hydrogens is 386 g/mol. The monoisotopic (exact) mass is 403 g/mol. The summed E-state index contributed by atoms with van der Waals surface area (Å²) in [7, 11) is 0. The molecule has 11 nitrogen and oxygen atoms in total. The molecule has 1 saturated heterocycles. The zero-order chi connectivity index (χ0) is 21.7. The third kappa shape index (κ3) is 3.46. The summed E-state index contributed by atoms with van der Waals surface area (Å²) in [6, 6.07) is 1.77. The number of amides is 5. The van der Waals surface area contributed by atoms with Gasteiger partial charge in [0, 0.05) is 18.6 Å². The molecule has 1 aromatic carbocycles. The molecule has 2 aliphatic heterocycles. The molecule has 0 aliphatic carbocycles. The van der Waals surface area contributed by atoms with Crippen LogP contribution in [0, 0.1) is 10.1 Å². The molecule has 0 aromatic heterocycles. The molecule has 2 aliphatic rings. The number of nitrogens with zero attached hydrogens (tertiary/aromatic N) is 3. The van der Waals surface area contributed by atoms with Gasteiger partial charge in [0.1, 0.15) is 11.6 Å². The predicted molar refractivity (Wildman–Crippen MR) is 94.7 cm³/mol. The Morgan fingerprint density at radius 2 is 1.76 bits per heavy atom. The van der Waals surface area contributed by atoms with Gasteiger partial charge in [-0.15, -0.1) is 0 Å². The number of ether oxygens (including phenoxy) is 1. The van der Waals surface area contributed by atoms with E-state index in [-0.39, 0.29) is 29.7 Å². The topological polar surface area (TPSA) is 144 Å². The highest BCUT2D eigenvalue weighted by molar-refractivity contribution is 6.24. The van der Waals surface area contributed by atoms with Crippen LogP contribution in [0.4, 0.5) is 10.5 Å². The Labute approximate surface area is 164 Å². The largest absolute Gasteiger partial charge is 0.443 e. The van der Waals surface area contributed by atoms with Crippen LogP contribution in [0.15, 0.2) is 18.2 Å². The molecule has 11 heteroatoms. The molecule has 1 aromatic rings. The average Bonchev–Trinajstić information content (AvgIpc) is 2.84. The van der Waals surface area contributed by atoms with E-state index in [4.69, 9.17) is 4.74 Å². The molecule has 0 N–H and O–H groups in total. The van der Waals surface area contributed by atoms with Gasteiger partial charge in [-0.25, -0.2) is 4.79 Å². The Hall–Kier alpha value is -3.63. The number of non-ortho nitro benzene ring substituents is 1. The van der Waals surface area contributed by atoms with E-state index in [9.17, 15) is 34.1 Å². The van der Waals surface area contributed by atoms with Gasteiger partial charge in [-0.05, 0) is 33.3 Å². The van der Waals surface area contributed by atoms with Gasteiger partial charge in [0.15, 0.2) is 0 Å². The molecule has 0 bridgehead atoms. The zero-order valence-electron chi connectivity index (χ0n) is 15.8. The van der Waals surface area contributed by atoms with Crippen molar-refractivity contribution in [2.75, 3.05) is 0 Å². The fourth-order valence-electron chi connectivity index (χ4n) is 3.15. The fourth-order valence-corrected chi connectivity index (χ4v) is 3.15. The number of rotatable bonds is 2. The lowest BCUT2D eigenvalue weighted by Gasteiger charge is -2.34. The second kappa shape index (κ2) is 6.76. The quantitative estimate of drug-likeness (QED) is 0.412. The molecule has 0 spiro atoms. The van der Waals surface area contributed by atoms with Gasteiger partial charge in [-0.3, -0.25) is 34.2 Å². The van der Waals surface area contributed by atoms with Crippen molar-refractivity contribution >= 4 is 35.4 Å². The molecule has 1 unspecified atom stereocenters. The summed E-state index contributed by atoms with van der Waals surface area (Å²) in [6.45, 7) is 4.66. The van der Waals surface area contributed by atoms with Crippen molar-refractivity contribution in [1.82, 2.24) is 9.80 Å². The summed E-state index contributed by atoms with van der Waals surface area (Å²) in [5.41, 5.74) is -1.65. The third-order valence-electron chi connectivity index (χ3n) is 4.39. The van der Waals surface area contributed by atoms with Gasteiger partial charge in [-0.1, -0.05) is 0 Å². The first kappa shape index (κ1) is 20.1. The molecule has 2 heterocycles. The second-order valence-electron chi connectivity index (χ2n) is 7.57. The lowest BCUT2D eigenvalue weighted by molar-refractivity contribution is -0.384. The first-order chi connectivity index (χ1) is 13.4. The highest BCUT2D eigenvalue weighted by Gasteiger charge is 2.49. The molecule has 1 atom stereocenters. The van der Waals surface area contributed by atoms with Gasteiger partial charge in [0.05, 0.1) is 16.1 Å². The van der Waals surface area contributed by atoms with Crippen LogP contribution in [0.2, 0.25) is 0 Å². The van der Waals surface area contributed by atoms with Crippen molar-refractivity contribution in [3.63, 3.8) is 0 Å². The smallest absolute Gasteiger partial charge is 0.424 e. The maximum absolute atomic E-state index is 12.8. The summed E-state index contributed by atoms with van der Waals surface area (Å²) < 4.78 is 5.07. The summed E-state index contributed by atoms with van der Waals surface area (Å²) in [5, 5.41) is 10.9. The van der Waals surface area contributed by atoms with Gasteiger partial charge >= 0.3 is 6.09 Å². The number of nitro benzene ring substituents is 1. The molecule has 1 fully saturated rings. The van der Waals surface area contributed by atoms with E-state index in [0.717, 1.165) is 18.2 Å². The van der Waals surface area contributed by atoms with E-state index >= 15 is 0 Å². The fraction of sp³-hybridized carbons (Fsp3) is 0.389. The van der Waals surface area contributed by atoms with Crippen LogP contribution >= 0.6 is 0 Å². The van der Waals surface area contributed by atoms with Crippen LogP contribution in [0.5, 0.6) is 0 Å². The summed E-state index contributed by atoms with van der Waals surface area (Å²) >= 11 is 0. The molecule has 5 amide bonds. The van der Waals surface area contributed by atoms with E-state index in [2.05, 4.69) is 0 Å². The van der Waals surface area contributed by atoms with Gasteiger partial charge in [-0.2, -0.15) is 4.90 Å². The van der Waals surface area contributed by atoms with Crippen molar-refractivity contribution in [2.24, 2.45) is 0 Å². The SMILES string of the molecule is CC(C)(C)OC(=O)N1C(=O)CCC(N2C(=O)c3ccc([N+](=O)[O-])cc3C2=O)C1=O. The van der Waals surface area contributed by atoms with Crippen LogP contribution in [-0.4, -0.2) is 56.1 Å². The van der Waals surface area contributed by atoms with E-state index in [1.807, 2.05) is 0 Å². The minimum atomic E-state index is -1.40. The van der Waals surface area contributed by atoms with Gasteiger partial charge in [0.2, 0.25) is 5.91 Å². The molecule has 0 saturated carbocycles. The highest BCUT2D eigenvalue weighted by Crippen LogP contribution is 2.31. The van der Waals surface area contributed by atoms with Crippen LogP contribution in [-0.2, 0) is 14.3 Å². The first-order valence-corrected chi connectivity index (χ1v) is 8.68. The zero-order valence-corrected chi connectivity index (χ0v) is 15.8. The number of piperidine rings is 1. The lowest BCUT2D eigenvalue weighted by atomic mass is 10.0. The number of hydrogen-bond donors (Lipinski definition) is 0. The van der Waals surface area contributed by atoms with Crippen LogP contribution in [0.1, 0.15) is 54.3 Å². The van der Waals surface area contributed by atoms with Crippen LogP contribution < -0.4 is 0 Å². The van der Waals surface area contributed by atoms with E-state index in [0.29, 0.717) is 9.80 Å². The number of nitro groups is 1. The number of fused-ring (bicyclic) bond motifs is 1. The maximum Gasteiger partial charge on any atom is 0.424 e. The molecule has 152 valence electrons. The van der Waals surface area contributed by atoms with E-state index in [1.54, 1.807) is 20.8 Å². The normalized spacial score (nSPS) is 19.5. The van der Waals surface area contributed by atoms with E-state index in [1.165, 1.54) is 0 Å². The number of carbonyl (C=O) groups excluding carboxylic acids is 5. The minimum Gasteiger partial charge on any atom is -0.443 e. The molecule has 29 heavy (non-hydrogen) atoms. The summed E-state index contributed by atoms with van der Waals surface area (Å²) in [6.07, 6.45) is -1.61. The molecular formula is C18H17N3O8. The molecule has 0 radical (unpaired) electrons. The Morgan fingerprint density at radius 1 is 1.14 bits per heavy atom. The summed E-state index contributed by atoms with van der Waals surface area (Å²) in [4.78, 5) is 73.8. The summed E-state index contributed by atoms with van der Waals surface area (Å²) in [5.74, 6) is -3.57. The first-order valence-electron chi connectivity index (χ1n) is 8.68. The minimum absolute atomic E-state index is 0.0888. The lowest BCUT2D eigenvalue weighted by Crippen LogP contribution is -2.58. The van der Waals surface area contributed by atoms with Gasteiger partial charge in [0.25, 0.3) is 23.4 Å².